The molecule has 0 amide bonds. The van der Waals surface area contributed by atoms with Gasteiger partial charge in [0.05, 0.1) is 20.6 Å². The van der Waals surface area contributed by atoms with Crippen molar-refractivity contribution in [2.24, 2.45) is 0 Å². The standard InChI is InChI=1S/C28H18OS/c29-30(27-23-13-5-1-9-19(23)17-20-10-2-6-14-24(20)27)28-25-15-7-3-11-21(25)18-22-12-4-8-16-26(22)28/h1-18H. The first kappa shape index (κ1) is 17.4. The van der Waals surface area contributed by atoms with Crippen LogP contribution < -0.4 is 0 Å². The Hall–Kier alpha value is -3.49. The van der Waals surface area contributed by atoms with Crippen LogP contribution in [0, 0.1) is 0 Å². The summed E-state index contributed by atoms with van der Waals surface area (Å²) < 4.78 is 14.4. The zero-order valence-electron chi connectivity index (χ0n) is 16.2. The molecule has 0 fully saturated rings. The van der Waals surface area contributed by atoms with Gasteiger partial charge in [-0.25, -0.2) is 4.21 Å². The fourth-order valence-corrected chi connectivity index (χ4v) is 6.19. The van der Waals surface area contributed by atoms with Gasteiger partial charge in [0, 0.05) is 0 Å². The lowest BCUT2D eigenvalue weighted by atomic mass is 10.0. The van der Waals surface area contributed by atoms with E-state index in [0.29, 0.717) is 0 Å². The molecule has 142 valence electrons. The van der Waals surface area contributed by atoms with Gasteiger partial charge < -0.3 is 0 Å². The molecule has 2 heteroatoms. The molecule has 6 aromatic carbocycles. The van der Waals surface area contributed by atoms with E-state index in [0.717, 1.165) is 52.9 Å². The fraction of sp³-hybridized carbons (Fsp3) is 0. The first-order chi connectivity index (χ1) is 14.8. The van der Waals surface area contributed by atoms with Crippen LogP contribution in [0.5, 0.6) is 0 Å². The summed E-state index contributed by atoms with van der Waals surface area (Å²) >= 11 is 0. The van der Waals surface area contributed by atoms with Crippen molar-refractivity contribution in [3.05, 3.63) is 109 Å². The molecule has 0 saturated heterocycles. The predicted molar refractivity (Wildman–Crippen MR) is 128 cm³/mol. The first-order valence-electron chi connectivity index (χ1n) is 10.0. The van der Waals surface area contributed by atoms with Crippen molar-refractivity contribution in [3.63, 3.8) is 0 Å². The largest absolute Gasteiger partial charge is 0.249 e. The summed E-state index contributed by atoms with van der Waals surface area (Å²) in [7, 11) is -1.35. The summed E-state index contributed by atoms with van der Waals surface area (Å²) in [4.78, 5) is 1.79. The van der Waals surface area contributed by atoms with Crippen molar-refractivity contribution in [2.45, 2.75) is 9.79 Å². The van der Waals surface area contributed by atoms with E-state index in [1.165, 1.54) is 0 Å². The zero-order chi connectivity index (χ0) is 20.1. The smallest absolute Gasteiger partial charge is 0.0874 e. The summed E-state index contributed by atoms with van der Waals surface area (Å²) in [5.41, 5.74) is 0. The van der Waals surface area contributed by atoms with Gasteiger partial charge in [0.15, 0.2) is 0 Å². The molecule has 0 radical (unpaired) electrons. The molecule has 6 rings (SSSR count). The monoisotopic (exact) mass is 402 g/mol. The Balaban J connectivity index is 1.79. The van der Waals surface area contributed by atoms with E-state index < -0.39 is 10.8 Å². The van der Waals surface area contributed by atoms with E-state index in [-0.39, 0.29) is 0 Å². The summed E-state index contributed by atoms with van der Waals surface area (Å²) in [5.74, 6) is 0. The van der Waals surface area contributed by atoms with E-state index in [2.05, 4.69) is 60.7 Å². The van der Waals surface area contributed by atoms with Crippen LogP contribution >= 0.6 is 0 Å². The highest BCUT2D eigenvalue weighted by molar-refractivity contribution is 7.86. The van der Waals surface area contributed by atoms with Crippen LogP contribution in [-0.2, 0) is 10.8 Å². The summed E-state index contributed by atoms with van der Waals surface area (Å²) in [5, 5.41) is 8.65. The minimum Gasteiger partial charge on any atom is -0.249 e. The molecule has 30 heavy (non-hydrogen) atoms. The maximum Gasteiger partial charge on any atom is 0.0874 e. The Labute approximate surface area is 177 Å². The second-order valence-electron chi connectivity index (χ2n) is 7.56. The van der Waals surface area contributed by atoms with Crippen molar-refractivity contribution >= 4 is 53.9 Å². The van der Waals surface area contributed by atoms with Gasteiger partial charge in [-0.05, 0) is 55.2 Å². The van der Waals surface area contributed by atoms with Gasteiger partial charge in [-0.2, -0.15) is 0 Å². The molecule has 0 N–H and O–H groups in total. The molecule has 1 nitrogen and oxygen atoms in total. The lowest BCUT2D eigenvalue weighted by Crippen LogP contribution is -1.99. The van der Waals surface area contributed by atoms with E-state index in [9.17, 15) is 4.21 Å². The lowest BCUT2D eigenvalue weighted by molar-refractivity contribution is 0.685. The van der Waals surface area contributed by atoms with Crippen LogP contribution in [0.15, 0.2) is 119 Å². The molecule has 0 bridgehead atoms. The Morgan fingerprint density at radius 1 is 0.400 bits per heavy atom. The SMILES string of the molecule is O=S(c1c2ccccc2cc2ccccc12)c1c2ccccc2cc2ccccc12. The topological polar surface area (TPSA) is 17.1 Å². The van der Waals surface area contributed by atoms with Crippen LogP contribution in [0.2, 0.25) is 0 Å². The van der Waals surface area contributed by atoms with Crippen LogP contribution in [0.4, 0.5) is 0 Å². The number of benzene rings is 6. The van der Waals surface area contributed by atoms with Crippen molar-refractivity contribution < 1.29 is 4.21 Å². The van der Waals surface area contributed by atoms with Crippen molar-refractivity contribution in [1.82, 2.24) is 0 Å². The van der Waals surface area contributed by atoms with Gasteiger partial charge in [-0.15, -0.1) is 0 Å². The molecular weight excluding hydrogens is 384 g/mol. The zero-order valence-corrected chi connectivity index (χ0v) is 17.0. The molecule has 0 unspecified atom stereocenters. The minimum absolute atomic E-state index is 0.894. The molecule has 0 aliphatic heterocycles. The molecule has 0 saturated carbocycles. The molecule has 0 atom stereocenters. The van der Waals surface area contributed by atoms with Crippen LogP contribution in [-0.4, -0.2) is 4.21 Å². The van der Waals surface area contributed by atoms with E-state index in [1.807, 2.05) is 48.5 Å². The number of hydrogen-bond acceptors (Lipinski definition) is 1. The third-order valence-corrected chi connectivity index (χ3v) is 7.44. The molecule has 6 aromatic rings. The Bertz CT molecular complexity index is 1390. The minimum atomic E-state index is -1.35. The summed E-state index contributed by atoms with van der Waals surface area (Å²) in [6.07, 6.45) is 0. The Morgan fingerprint density at radius 2 is 0.667 bits per heavy atom. The highest BCUT2D eigenvalue weighted by Crippen LogP contribution is 2.38. The van der Waals surface area contributed by atoms with E-state index >= 15 is 0 Å². The van der Waals surface area contributed by atoms with Crippen molar-refractivity contribution in [1.29, 1.82) is 0 Å². The third-order valence-electron chi connectivity index (χ3n) is 5.81. The summed E-state index contributed by atoms with van der Waals surface area (Å²) in [6, 6.07) is 37.4. The van der Waals surface area contributed by atoms with Gasteiger partial charge in [-0.1, -0.05) is 97.1 Å². The van der Waals surface area contributed by atoms with Gasteiger partial charge >= 0.3 is 0 Å². The Kier molecular flexibility index (Phi) is 3.93. The van der Waals surface area contributed by atoms with Crippen LogP contribution in [0.1, 0.15) is 0 Å². The van der Waals surface area contributed by atoms with Crippen LogP contribution in [0.3, 0.4) is 0 Å². The van der Waals surface area contributed by atoms with Gasteiger partial charge in [-0.3, -0.25) is 0 Å². The second kappa shape index (κ2) is 6.79. The third kappa shape index (κ3) is 2.58. The van der Waals surface area contributed by atoms with Crippen molar-refractivity contribution in [2.75, 3.05) is 0 Å². The molecule has 0 spiro atoms. The quantitative estimate of drug-likeness (QED) is 0.275. The maximum atomic E-state index is 14.4. The molecular formula is C28H18OS. The normalized spacial score (nSPS) is 11.8. The molecule has 0 aromatic heterocycles. The average molecular weight is 403 g/mol. The Morgan fingerprint density at radius 3 is 0.967 bits per heavy atom. The van der Waals surface area contributed by atoms with Crippen molar-refractivity contribution in [3.8, 4) is 0 Å². The van der Waals surface area contributed by atoms with Gasteiger partial charge in [0.2, 0.25) is 0 Å². The van der Waals surface area contributed by atoms with Gasteiger partial charge in [0.25, 0.3) is 0 Å². The van der Waals surface area contributed by atoms with E-state index in [4.69, 9.17) is 0 Å². The highest BCUT2D eigenvalue weighted by Gasteiger charge is 2.20. The second-order valence-corrected chi connectivity index (χ2v) is 8.92. The van der Waals surface area contributed by atoms with Crippen LogP contribution in [0.25, 0.3) is 43.1 Å². The lowest BCUT2D eigenvalue weighted by Gasteiger charge is -2.15. The number of hydrogen-bond donors (Lipinski definition) is 0. The summed E-state index contributed by atoms with van der Waals surface area (Å²) in [6.45, 7) is 0. The van der Waals surface area contributed by atoms with E-state index in [1.54, 1.807) is 0 Å². The van der Waals surface area contributed by atoms with Gasteiger partial charge in [0.1, 0.15) is 0 Å². The predicted octanol–water partition coefficient (Wildman–Crippen LogP) is 7.47. The number of rotatable bonds is 2. The molecule has 0 aliphatic rings. The molecule has 0 aliphatic carbocycles. The first-order valence-corrected chi connectivity index (χ1v) is 11.2. The fourth-order valence-electron chi connectivity index (χ4n) is 4.45. The molecule has 0 heterocycles. The maximum absolute atomic E-state index is 14.4. The average Bonchev–Trinajstić information content (AvgIpc) is 2.80. The number of fused-ring (bicyclic) bond motifs is 4. The highest BCUT2D eigenvalue weighted by atomic mass is 32.2.